The van der Waals surface area contributed by atoms with E-state index in [1.54, 1.807) is 24.3 Å². The smallest absolute Gasteiger partial charge is 0.231 e. The summed E-state index contributed by atoms with van der Waals surface area (Å²) in [6, 6.07) is 18.4. The van der Waals surface area contributed by atoms with Gasteiger partial charge in [0.2, 0.25) is 6.79 Å². The van der Waals surface area contributed by atoms with Gasteiger partial charge in [-0.25, -0.2) is 0 Å². The van der Waals surface area contributed by atoms with E-state index in [2.05, 4.69) is 0 Å². The molecular weight excluding hydrogens is 424 g/mol. The summed E-state index contributed by atoms with van der Waals surface area (Å²) in [5.74, 6) is 1.53. The Hall–Kier alpha value is -3.71. The van der Waals surface area contributed by atoms with Gasteiger partial charge in [0.1, 0.15) is 17.2 Å². The van der Waals surface area contributed by atoms with E-state index in [1.807, 2.05) is 36.4 Å². The molecule has 3 aromatic carbocycles. The van der Waals surface area contributed by atoms with Crippen LogP contribution in [0.5, 0.6) is 28.7 Å². The number of hydrogen-bond acceptors (Lipinski definition) is 7. The number of hydrogen-bond donors (Lipinski definition) is 1. The van der Waals surface area contributed by atoms with Gasteiger partial charge in [0.25, 0.3) is 0 Å². The average molecular weight is 446 g/mol. The van der Waals surface area contributed by atoms with Crippen LogP contribution < -0.4 is 23.7 Å². The largest absolute Gasteiger partial charge is 0.496 e. The molecular formula is C26H22O7. The summed E-state index contributed by atoms with van der Waals surface area (Å²) in [4.78, 5) is 13.7. The van der Waals surface area contributed by atoms with E-state index in [1.165, 1.54) is 14.2 Å². The number of ether oxygens (including phenoxy) is 5. The first-order valence-electron chi connectivity index (χ1n) is 10.7. The first-order valence-corrected chi connectivity index (χ1v) is 10.7. The van der Waals surface area contributed by atoms with Crippen molar-refractivity contribution < 1.29 is 33.6 Å². The predicted octanol–water partition coefficient (Wildman–Crippen LogP) is 3.66. The summed E-state index contributed by atoms with van der Waals surface area (Å²) in [6.07, 6.45) is 0.101. The van der Waals surface area contributed by atoms with Crippen LogP contribution in [0.25, 0.3) is 0 Å². The minimum Gasteiger partial charge on any atom is -0.496 e. The molecule has 0 bridgehead atoms. The van der Waals surface area contributed by atoms with Crippen LogP contribution in [-0.2, 0) is 16.0 Å². The molecule has 1 fully saturated rings. The number of Topliss-reactive ketones (excluding diaryl/α,β-unsaturated/α-hetero) is 1. The Morgan fingerprint density at radius 3 is 2.48 bits per heavy atom. The summed E-state index contributed by atoms with van der Waals surface area (Å²) in [6.45, 7) is 0.114. The van der Waals surface area contributed by atoms with Crippen LogP contribution in [0.1, 0.15) is 29.0 Å². The van der Waals surface area contributed by atoms with Crippen molar-refractivity contribution in [3.8, 4) is 28.7 Å². The minimum absolute atomic E-state index is 0.101. The number of methoxy groups -OCH3 is 2. The molecule has 0 aromatic heterocycles. The van der Waals surface area contributed by atoms with Crippen LogP contribution in [0.15, 0.2) is 60.7 Å². The molecule has 1 aliphatic carbocycles. The Morgan fingerprint density at radius 2 is 1.73 bits per heavy atom. The van der Waals surface area contributed by atoms with E-state index in [-0.39, 0.29) is 19.0 Å². The molecule has 3 aromatic rings. The summed E-state index contributed by atoms with van der Waals surface area (Å²) in [5, 5.41) is 12.3. The molecule has 3 atom stereocenters. The third kappa shape index (κ3) is 2.45. The fourth-order valence-corrected chi connectivity index (χ4v) is 5.50. The SMILES string of the molecule is COc1cc(OC)c2c(c1)O[C@@]1(c3ccc4c(c3)OCO4)[C@H](c3ccccc3)CC(=O)[C@@]21O. The van der Waals surface area contributed by atoms with Crippen molar-refractivity contribution in [2.24, 2.45) is 0 Å². The topological polar surface area (TPSA) is 83.5 Å². The van der Waals surface area contributed by atoms with Crippen molar-refractivity contribution in [2.75, 3.05) is 21.0 Å². The maximum atomic E-state index is 13.7. The Bertz CT molecular complexity index is 1270. The predicted molar refractivity (Wildman–Crippen MR) is 117 cm³/mol. The zero-order chi connectivity index (χ0) is 22.8. The molecule has 3 aliphatic rings. The van der Waals surface area contributed by atoms with Crippen molar-refractivity contribution in [1.29, 1.82) is 0 Å². The molecule has 0 amide bonds. The monoisotopic (exact) mass is 446 g/mol. The molecule has 7 heteroatoms. The van der Waals surface area contributed by atoms with Gasteiger partial charge in [-0.15, -0.1) is 0 Å². The molecule has 1 saturated carbocycles. The van der Waals surface area contributed by atoms with E-state index in [0.717, 1.165) is 5.56 Å². The summed E-state index contributed by atoms with van der Waals surface area (Å²) >= 11 is 0. The molecule has 7 nitrogen and oxygen atoms in total. The number of carbonyl (C=O) groups is 1. The van der Waals surface area contributed by atoms with E-state index >= 15 is 0 Å². The van der Waals surface area contributed by atoms with Crippen molar-refractivity contribution in [3.05, 3.63) is 77.4 Å². The Labute approximate surface area is 190 Å². The lowest BCUT2D eigenvalue weighted by molar-refractivity contribution is -0.151. The lowest BCUT2D eigenvalue weighted by atomic mass is 9.71. The number of fused-ring (bicyclic) bond motifs is 4. The van der Waals surface area contributed by atoms with Crippen molar-refractivity contribution in [3.63, 3.8) is 0 Å². The molecule has 1 N–H and O–H groups in total. The second-order valence-electron chi connectivity index (χ2n) is 8.41. The van der Waals surface area contributed by atoms with Gasteiger partial charge in [-0.3, -0.25) is 4.79 Å². The second-order valence-corrected chi connectivity index (χ2v) is 8.41. The van der Waals surface area contributed by atoms with Gasteiger partial charge in [0.05, 0.1) is 19.8 Å². The van der Waals surface area contributed by atoms with Gasteiger partial charge in [-0.2, -0.15) is 0 Å². The zero-order valence-electron chi connectivity index (χ0n) is 18.2. The normalized spacial score (nSPS) is 26.5. The number of benzene rings is 3. The molecule has 6 rings (SSSR count). The van der Waals surface area contributed by atoms with E-state index in [0.29, 0.717) is 39.9 Å². The van der Waals surface area contributed by atoms with Gasteiger partial charge in [-0.05, 0) is 17.7 Å². The van der Waals surface area contributed by atoms with Crippen LogP contribution in [0.2, 0.25) is 0 Å². The van der Waals surface area contributed by atoms with Crippen LogP contribution in [0.3, 0.4) is 0 Å². The van der Waals surface area contributed by atoms with Gasteiger partial charge < -0.3 is 28.8 Å². The van der Waals surface area contributed by atoms with Crippen LogP contribution in [0.4, 0.5) is 0 Å². The minimum atomic E-state index is -1.98. The Balaban J connectivity index is 1.66. The summed E-state index contributed by atoms with van der Waals surface area (Å²) in [7, 11) is 3.03. The lowest BCUT2D eigenvalue weighted by Crippen LogP contribution is -2.50. The molecule has 0 saturated heterocycles. The Kier molecular flexibility index (Phi) is 4.16. The lowest BCUT2D eigenvalue weighted by Gasteiger charge is -2.39. The van der Waals surface area contributed by atoms with E-state index in [4.69, 9.17) is 23.7 Å². The van der Waals surface area contributed by atoms with E-state index in [9.17, 15) is 9.90 Å². The van der Waals surface area contributed by atoms with Gasteiger partial charge in [-0.1, -0.05) is 36.4 Å². The first-order chi connectivity index (χ1) is 16.0. The number of aliphatic hydroxyl groups is 1. The molecule has 0 radical (unpaired) electrons. The van der Waals surface area contributed by atoms with Gasteiger partial charge in [0.15, 0.2) is 28.5 Å². The van der Waals surface area contributed by atoms with Crippen LogP contribution >= 0.6 is 0 Å². The molecule has 2 heterocycles. The molecule has 0 spiro atoms. The third-order valence-electron chi connectivity index (χ3n) is 6.95. The first kappa shape index (κ1) is 19.9. The van der Waals surface area contributed by atoms with Crippen LogP contribution in [-0.4, -0.2) is 31.9 Å². The second kappa shape index (κ2) is 6.89. The highest BCUT2D eigenvalue weighted by Crippen LogP contribution is 2.67. The van der Waals surface area contributed by atoms with Crippen molar-refractivity contribution >= 4 is 5.78 Å². The Morgan fingerprint density at radius 1 is 0.939 bits per heavy atom. The summed E-state index contributed by atoms with van der Waals surface area (Å²) < 4.78 is 28.8. The molecule has 0 unspecified atom stereocenters. The fraction of sp³-hybridized carbons (Fsp3) is 0.269. The van der Waals surface area contributed by atoms with Gasteiger partial charge in [0, 0.05) is 30.0 Å². The van der Waals surface area contributed by atoms with E-state index < -0.39 is 17.1 Å². The molecule has 2 aliphatic heterocycles. The maximum absolute atomic E-state index is 13.7. The third-order valence-corrected chi connectivity index (χ3v) is 6.95. The van der Waals surface area contributed by atoms with Crippen molar-refractivity contribution in [2.45, 2.75) is 23.5 Å². The van der Waals surface area contributed by atoms with Crippen LogP contribution in [0, 0.1) is 0 Å². The fourth-order valence-electron chi connectivity index (χ4n) is 5.50. The highest BCUT2D eigenvalue weighted by molar-refractivity contribution is 5.97. The average Bonchev–Trinajstić information content (AvgIpc) is 3.48. The summed E-state index contributed by atoms with van der Waals surface area (Å²) in [5.41, 5.74) is -1.60. The number of carbonyl (C=O) groups excluding carboxylic acids is 1. The standard InChI is InChI=1S/C26H22O7/c1-29-17-11-21(30-2)24-22(12-17)33-26(16-8-9-19-20(10-16)32-14-31-19)18(13-23(27)25(24,26)28)15-6-4-3-5-7-15/h3-12,18,28H,13-14H2,1-2H3/t18-,25+,26-/m0/s1. The quantitative estimate of drug-likeness (QED) is 0.655. The number of ketones is 1. The maximum Gasteiger partial charge on any atom is 0.231 e. The highest BCUT2D eigenvalue weighted by atomic mass is 16.7. The zero-order valence-corrected chi connectivity index (χ0v) is 18.2. The highest BCUT2D eigenvalue weighted by Gasteiger charge is 2.74. The van der Waals surface area contributed by atoms with Gasteiger partial charge >= 0.3 is 0 Å². The van der Waals surface area contributed by atoms with Crippen molar-refractivity contribution in [1.82, 2.24) is 0 Å². The molecule has 33 heavy (non-hydrogen) atoms. The molecule has 168 valence electrons. The number of rotatable bonds is 4.